The van der Waals surface area contributed by atoms with E-state index in [2.05, 4.69) is 54.5 Å². The van der Waals surface area contributed by atoms with Crippen LogP contribution < -0.4 is 10.1 Å². The lowest BCUT2D eigenvalue weighted by Crippen LogP contribution is -2.17. The number of anilines is 1. The largest absolute Gasteiger partial charge is 0.490 e. The zero-order valence-corrected chi connectivity index (χ0v) is 12.9. The maximum absolute atomic E-state index is 5.72. The zero-order chi connectivity index (χ0) is 14.9. The Labute approximate surface area is 127 Å². The molecule has 3 heteroatoms. The van der Waals surface area contributed by atoms with Gasteiger partial charge in [-0.2, -0.15) is 0 Å². The summed E-state index contributed by atoms with van der Waals surface area (Å²) in [4.78, 5) is 4.39. The molecule has 0 aliphatic carbocycles. The molecule has 0 spiro atoms. The van der Waals surface area contributed by atoms with Crippen molar-refractivity contribution in [1.29, 1.82) is 0 Å². The molecule has 1 N–H and O–H groups in total. The topological polar surface area (TPSA) is 34.1 Å². The van der Waals surface area contributed by atoms with Crippen molar-refractivity contribution in [2.45, 2.75) is 39.2 Å². The third-order valence-electron chi connectivity index (χ3n) is 3.32. The Morgan fingerprint density at radius 2 is 1.95 bits per heavy atom. The summed E-state index contributed by atoms with van der Waals surface area (Å²) in [6.45, 7) is 5.01. The molecular weight excluding hydrogens is 260 g/mol. The van der Waals surface area contributed by atoms with E-state index < -0.39 is 0 Å². The van der Waals surface area contributed by atoms with Crippen molar-refractivity contribution < 1.29 is 4.74 Å². The van der Waals surface area contributed by atoms with Gasteiger partial charge in [0.2, 0.25) is 0 Å². The number of benzene rings is 1. The molecule has 1 unspecified atom stereocenters. The number of hydrogen-bond donors (Lipinski definition) is 1. The minimum Gasteiger partial charge on any atom is -0.490 e. The minimum absolute atomic E-state index is 0.351. The third-order valence-corrected chi connectivity index (χ3v) is 3.32. The number of aromatic nitrogens is 1. The summed E-state index contributed by atoms with van der Waals surface area (Å²) in [5.41, 5.74) is 1.37. The van der Waals surface area contributed by atoms with Crippen molar-refractivity contribution in [2.24, 2.45) is 0 Å². The van der Waals surface area contributed by atoms with E-state index in [0.717, 1.165) is 37.4 Å². The molecule has 0 fully saturated rings. The molecule has 0 saturated heterocycles. The molecule has 0 aliphatic rings. The van der Waals surface area contributed by atoms with Gasteiger partial charge in [0, 0.05) is 12.2 Å². The van der Waals surface area contributed by atoms with Gasteiger partial charge in [0.25, 0.3) is 0 Å². The van der Waals surface area contributed by atoms with Gasteiger partial charge in [-0.1, -0.05) is 37.3 Å². The Hall–Kier alpha value is -2.03. The molecule has 21 heavy (non-hydrogen) atoms. The average molecular weight is 284 g/mol. The fourth-order valence-corrected chi connectivity index (χ4v) is 2.16. The number of hydrogen-bond acceptors (Lipinski definition) is 3. The van der Waals surface area contributed by atoms with Gasteiger partial charge >= 0.3 is 0 Å². The molecule has 1 aromatic heterocycles. The van der Waals surface area contributed by atoms with Crippen LogP contribution in [0.5, 0.6) is 5.75 Å². The summed E-state index contributed by atoms with van der Waals surface area (Å²) < 4.78 is 5.72. The standard InChI is InChI=1S/C18H24N2O/c1-3-14-21-17-10-7-13-19-18(17)20-15(2)11-12-16-8-5-4-6-9-16/h4-10,13,15H,3,11-12,14H2,1-2H3,(H,19,20). The molecule has 0 amide bonds. The SMILES string of the molecule is CCCOc1cccnc1NC(C)CCc1ccccc1. The zero-order valence-electron chi connectivity index (χ0n) is 12.9. The van der Waals surface area contributed by atoms with Crippen molar-refractivity contribution in [2.75, 3.05) is 11.9 Å². The van der Waals surface area contributed by atoms with Crippen molar-refractivity contribution >= 4 is 5.82 Å². The van der Waals surface area contributed by atoms with Gasteiger partial charge in [0.05, 0.1) is 6.61 Å². The monoisotopic (exact) mass is 284 g/mol. The van der Waals surface area contributed by atoms with Gasteiger partial charge in [-0.05, 0) is 43.9 Å². The highest BCUT2D eigenvalue weighted by Gasteiger charge is 2.08. The van der Waals surface area contributed by atoms with Gasteiger partial charge in [0.15, 0.2) is 11.6 Å². The lowest BCUT2D eigenvalue weighted by molar-refractivity contribution is 0.317. The van der Waals surface area contributed by atoms with Gasteiger partial charge in [-0.3, -0.25) is 0 Å². The summed E-state index contributed by atoms with van der Waals surface area (Å²) in [7, 11) is 0. The van der Waals surface area contributed by atoms with Crippen molar-refractivity contribution in [3.63, 3.8) is 0 Å². The Balaban J connectivity index is 1.88. The smallest absolute Gasteiger partial charge is 0.168 e. The molecule has 1 atom stereocenters. The predicted molar refractivity (Wildman–Crippen MR) is 87.9 cm³/mol. The molecule has 112 valence electrons. The second kappa shape index (κ2) is 8.30. The average Bonchev–Trinajstić information content (AvgIpc) is 2.53. The molecule has 0 aliphatic heterocycles. The van der Waals surface area contributed by atoms with Crippen LogP contribution in [0.4, 0.5) is 5.82 Å². The van der Waals surface area contributed by atoms with Crippen LogP contribution in [0.2, 0.25) is 0 Å². The minimum atomic E-state index is 0.351. The van der Waals surface area contributed by atoms with Crippen LogP contribution in [0.15, 0.2) is 48.7 Å². The van der Waals surface area contributed by atoms with Crippen molar-refractivity contribution in [3.05, 3.63) is 54.2 Å². The van der Waals surface area contributed by atoms with E-state index in [9.17, 15) is 0 Å². The van der Waals surface area contributed by atoms with Crippen LogP contribution in [0.25, 0.3) is 0 Å². The summed E-state index contributed by atoms with van der Waals surface area (Å²) in [6, 6.07) is 14.8. The van der Waals surface area contributed by atoms with Gasteiger partial charge in [-0.25, -0.2) is 4.98 Å². The first kappa shape index (κ1) is 15.4. The predicted octanol–water partition coefficient (Wildman–Crippen LogP) is 4.30. The van der Waals surface area contributed by atoms with E-state index in [1.165, 1.54) is 5.56 Å². The van der Waals surface area contributed by atoms with E-state index in [4.69, 9.17) is 4.74 Å². The van der Waals surface area contributed by atoms with Gasteiger partial charge < -0.3 is 10.1 Å². The first-order valence-electron chi connectivity index (χ1n) is 7.68. The van der Waals surface area contributed by atoms with Crippen molar-refractivity contribution in [3.8, 4) is 5.75 Å². The quantitative estimate of drug-likeness (QED) is 0.784. The lowest BCUT2D eigenvalue weighted by Gasteiger charge is -2.17. The normalized spacial score (nSPS) is 11.9. The van der Waals surface area contributed by atoms with Crippen LogP contribution in [-0.4, -0.2) is 17.6 Å². The third kappa shape index (κ3) is 5.10. The van der Waals surface area contributed by atoms with E-state index in [-0.39, 0.29) is 0 Å². The van der Waals surface area contributed by atoms with E-state index >= 15 is 0 Å². The van der Waals surface area contributed by atoms with Crippen molar-refractivity contribution in [1.82, 2.24) is 4.98 Å². The Bertz CT molecular complexity index is 528. The van der Waals surface area contributed by atoms with Crippen LogP contribution in [0.1, 0.15) is 32.3 Å². The second-order valence-corrected chi connectivity index (χ2v) is 5.27. The maximum atomic E-state index is 5.72. The Kier molecular flexibility index (Phi) is 6.07. The molecule has 2 rings (SSSR count). The van der Waals surface area contributed by atoms with Crippen LogP contribution in [-0.2, 0) is 6.42 Å². The molecule has 1 heterocycles. The number of nitrogens with zero attached hydrogens (tertiary/aromatic N) is 1. The van der Waals surface area contributed by atoms with E-state index in [1.807, 2.05) is 12.1 Å². The molecule has 2 aromatic rings. The Morgan fingerprint density at radius 3 is 2.71 bits per heavy atom. The Morgan fingerprint density at radius 1 is 1.14 bits per heavy atom. The highest BCUT2D eigenvalue weighted by molar-refractivity contribution is 5.50. The fraction of sp³-hybridized carbons (Fsp3) is 0.389. The summed E-state index contributed by atoms with van der Waals surface area (Å²) >= 11 is 0. The first-order chi connectivity index (χ1) is 10.3. The van der Waals surface area contributed by atoms with E-state index in [0.29, 0.717) is 6.04 Å². The molecular formula is C18H24N2O. The van der Waals surface area contributed by atoms with Crippen LogP contribution in [0, 0.1) is 0 Å². The fourth-order valence-electron chi connectivity index (χ4n) is 2.16. The highest BCUT2D eigenvalue weighted by atomic mass is 16.5. The molecule has 3 nitrogen and oxygen atoms in total. The highest BCUT2D eigenvalue weighted by Crippen LogP contribution is 2.22. The summed E-state index contributed by atoms with van der Waals surface area (Å²) in [6.07, 6.45) is 4.92. The van der Waals surface area contributed by atoms with Crippen LogP contribution in [0.3, 0.4) is 0 Å². The molecule has 0 bridgehead atoms. The maximum Gasteiger partial charge on any atom is 0.168 e. The molecule has 0 saturated carbocycles. The second-order valence-electron chi connectivity index (χ2n) is 5.27. The number of aryl methyl sites for hydroxylation is 1. The summed E-state index contributed by atoms with van der Waals surface area (Å²) in [5, 5.41) is 3.45. The van der Waals surface area contributed by atoms with Crippen LogP contribution >= 0.6 is 0 Å². The lowest BCUT2D eigenvalue weighted by atomic mass is 10.1. The molecule has 0 radical (unpaired) electrons. The number of pyridine rings is 1. The molecule has 1 aromatic carbocycles. The summed E-state index contributed by atoms with van der Waals surface area (Å²) in [5.74, 6) is 1.68. The number of nitrogens with one attached hydrogen (secondary N) is 1. The van der Waals surface area contributed by atoms with Gasteiger partial charge in [0.1, 0.15) is 0 Å². The van der Waals surface area contributed by atoms with Gasteiger partial charge in [-0.15, -0.1) is 0 Å². The number of ether oxygens (including phenoxy) is 1. The van der Waals surface area contributed by atoms with E-state index in [1.54, 1.807) is 6.20 Å². The first-order valence-corrected chi connectivity index (χ1v) is 7.68. The number of rotatable bonds is 8.